The van der Waals surface area contributed by atoms with Crippen LogP contribution < -0.4 is 10.5 Å². The van der Waals surface area contributed by atoms with Gasteiger partial charge in [0.2, 0.25) is 0 Å². The monoisotopic (exact) mass is 323 g/mol. The minimum atomic E-state index is -0.363. The van der Waals surface area contributed by atoms with Gasteiger partial charge in [0.25, 0.3) is 0 Å². The maximum atomic E-state index is 13.4. The largest absolute Gasteiger partial charge is 0.497 e. The van der Waals surface area contributed by atoms with Gasteiger partial charge in [-0.1, -0.05) is 22.0 Å². The normalized spacial score (nSPS) is 12.3. The van der Waals surface area contributed by atoms with Crippen LogP contribution in [0.25, 0.3) is 0 Å². The first-order valence-electron chi connectivity index (χ1n) is 5.87. The molecule has 1 atom stereocenters. The van der Waals surface area contributed by atoms with E-state index in [0.717, 1.165) is 22.4 Å². The van der Waals surface area contributed by atoms with Crippen molar-refractivity contribution in [2.75, 3.05) is 7.11 Å². The highest BCUT2D eigenvalue weighted by Crippen LogP contribution is 2.28. The Labute approximate surface area is 120 Å². The molecule has 0 fully saturated rings. The molecule has 0 saturated carbocycles. The van der Waals surface area contributed by atoms with Crippen molar-refractivity contribution in [3.63, 3.8) is 0 Å². The van der Waals surface area contributed by atoms with E-state index in [1.54, 1.807) is 7.11 Å². The lowest BCUT2D eigenvalue weighted by Crippen LogP contribution is -2.13. The minimum absolute atomic E-state index is 0.300. The van der Waals surface area contributed by atoms with E-state index in [1.165, 1.54) is 12.1 Å². The number of ether oxygens (including phenoxy) is 1. The molecule has 0 aliphatic carbocycles. The van der Waals surface area contributed by atoms with Crippen molar-refractivity contribution < 1.29 is 9.13 Å². The molecule has 19 heavy (non-hydrogen) atoms. The molecule has 1 unspecified atom stereocenters. The Morgan fingerprint density at radius 1 is 1.21 bits per heavy atom. The van der Waals surface area contributed by atoms with E-state index in [-0.39, 0.29) is 11.9 Å². The molecule has 0 aromatic heterocycles. The standard InChI is InChI=1S/C15H15BrFNO/c1-9-5-13(19-2)3-4-14(9)15(18)10-6-11(16)8-12(17)7-10/h3-8,15H,18H2,1-2H3. The Balaban J connectivity index is 2.40. The van der Waals surface area contributed by atoms with Crippen molar-refractivity contribution in [3.05, 3.63) is 63.4 Å². The number of halogens is 2. The molecular weight excluding hydrogens is 309 g/mol. The molecule has 4 heteroatoms. The second kappa shape index (κ2) is 5.72. The summed E-state index contributed by atoms with van der Waals surface area (Å²) in [5, 5.41) is 0. The van der Waals surface area contributed by atoms with Crippen LogP contribution >= 0.6 is 15.9 Å². The lowest BCUT2D eigenvalue weighted by molar-refractivity contribution is 0.414. The van der Waals surface area contributed by atoms with E-state index in [2.05, 4.69) is 15.9 Å². The summed E-state index contributed by atoms with van der Waals surface area (Å²) in [7, 11) is 1.62. The number of hydrogen-bond acceptors (Lipinski definition) is 2. The second-order valence-electron chi connectivity index (χ2n) is 4.40. The molecule has 0 aliphatic rings. The Hall–Kier alpha value is -1.39. The molecule has 0 amide bonds. The molecule has 100 valence electrons. The number of methoxy groups -OCH3 is 1. The summed E-state index contributed by atoms with van der Waals surface area (Å²) >= 11 is 3.28. The van der Waals surface area contributed by atoms with E-state index in [0.29, 0.717) is 4.47 Å². The van der Waals surface area contributed by atoms with E-state index in [9.17, 15) is 4.39 Å². The summed E-state index contributed by atoms with van der Waals surface area (Å²) in [5.41, 5.74) is 8.93. The zero-order valence-corrected chi connectivity index (χ0v) is 12.4. The van der Waals surface area contributed by atoms with Gasteiger partial charge in [0.05, 0.1) is 13.2 Å². The van der Waals surface area contributed by atoms with Crippen LogP contribution in [-0.4, -0.2) is 7.11 Å². The first-order chi connectivity index (χ1) is 9.01. The van der Waals surface area contributed by atoms with E-state index < -0.39 is 0 Å². The smallest absolute Gasteiger partial charge is 0.124 e. The molecule has 2 rings (SSSR count). The lowest BCUT2D eigenvalue weighted by atomic mass is 9.95. The van der Waals surface area contributed by atoms with Crippen LogP contribution in [0.15, 0.2) is 40.9 Å². The molecule has 0 spiro atoms. The third-order valence-corrected chi connectivity index (χ3v) is 3.51. The van der Waals surface area contributed by atoms with Crippen molar-refractivity contribution in [3.8, 4) is 5.75 Å². The molecule has 0 bridgehead atoms. The van der Waals surface area contributed by atoms with Gasteiger partial charge in [0, 0.05) is 4.47 Å². The number of benzene rings is 2. The molecule has 2 aromatic rings. The highest BCUT2D eigenvalue weighted by molar-refractivity contribution is 9.10. The summed E-state index contributed by atoms with van der Waals surface area (Å²) in [6.45, 7) is 1.96. The molecule has 0 heterocycles. The fourth-order valence-electron chi connectivity index (χ4n) is 2.06. The molecular formula is C15H15BrFNO. The molecule has 2 aromatic carbocycles. The molecule has 0 aliphatic heterocycles. The van der Waals surface area contributed by atoms with Crippen LogP contribution in [0.3, 0.4) is 0 Å². The maximum absolute atomic E-state index is 13.4. The van der Waals surface area contributed by atoms with Gasteiger partial charge in [-0.2, -0.15) is 0 Å². The summed E-state index contributed by atoms with van der Waals surface area (Å²) < 4.78 is 19.3. The van der Waals surface area contributed by atoms with Crippen molar-refractivity contribution >= 4 is 15.9 Å². The Morgan fingerprint density at radius 3 is 2.53 bits per heavy atom. The first kappa shape index (κ1) is 14.0. The van der Waals surface area contributed by atoms with Gasteiger partial charge in [0.1, 0.15) is 11.6 Å². The van der Waals surface area contributed by atoms with Crippen LogP contribution in [0.2, 0.25) is 0 Å². The van der Waals surface area contributed by atoms with Gasteiger partial charge in [0.15, 0.2) is 0 Å². The minimum Gasteiger partial charge on any atom is -0.497 e. The number of aryl methyl sites for hydroxylation is 1. The fourth-order valence-corrected chi connectivity index (χ4v) is 2.54. The van der Waals surface area contributed by atoms with Crippen molar-refractivity contribution in [2.45, 2.75) is 13.0 Å². The molecule has 2 N–H and O–H groups in total. The predicted molar refractivity (Wildman–Crippen MR) is 77.9 cm³/mol. The zero-order valence-electron chi connectivity index (χ0n) is 10.8. The van der Waals surface area contributed by atoms with Gasteiger partial charge in [-0.25, -0.2) is 4.39 Å². The average Bonchev–Trinajstić information content (AvgIpc) is 2.36. The van der Waals surface area contributed by atoms with Crippen LogP contribution in [0.4, 0.5) is 4.39 Å². The zero-order chi connectivity index (χ0) is 14.0. The topological polar surface area (TPSA) is 35.2 Å². The quantitative estimate of drug-likeness (QED) is 0.928. The van der Waals surface area contributed by atoms with Crippen molar-refractivity contribution in [1.29, 1.82) is 0 Å². The molecule has 0 radical (unpaired) electrons. The van der Waals surface area contributed by atoms with Crippen molar-refractivity contribution in [2.24, 2.45) is 5.73 Å². The molecule has 2 nitrogen and oxygen atoms in total. The van der Waals surface area contributed by atoms with Crippen LogP contribution in [0, 0.1) is 12.7 Å². The summed E-state index contributed by atoms with van der Waals surface area (Å²) in [4.78, 5) is 0. The fraction of sp³-hybridized carbons (Fsp3) is 0.200. The van der Waals surface area contributed by atoms with Crippen LogP contribution in [-0.2, 0) is 0 Å². The highest BCUT2D eigenvalue weighted by Gasteiger charge is 2.13. The third-order valence-electron chi connectivity index (χ3n) is 3.06. The Morgan fingerprint density at radius 2 is 1.95 bits per heavy atom. The number of rotatable bonds is 3. The van der Waals surface area contributed by atoms with E-state index in [4.69, 9.17) is 10.5 Å². The van der Waals surface area contributed by atoms with Crippen molar-refractivity contribution in [1.82, 2.24) is 0 Å². The summed E-state index contributed by atoms with van der Waals surface area (Å²) in [5.74, 6) is 0.486. The summed E-state index contributed by atoms with van der Waals surface area (Å²) in [6.07, 6.45) is 0. The van der Waals surface area contributed by atoms with Gasteiger partial charge < -0.3 is 10.5 Å². The van der Waals surface area contributed by atoms with E-state index >= 15 is 0 Å². The lowest BCUT2D eigenvalue weighted by Gasteiger charge is -2.16. The summed E-state index contributed by atoms with van der Waals surface area (Å²) in [6, 6.07) is 10.0. The van der Waals surface area contributed by atoms with Gasteiger partial charge in [-0.05, 0) is 53.9 Å². The van der Waals surface area contributed by atoms with E-state index in [1.807, 2.05) is 31.2 Å². The van der Waals surface area contributed by atoms with Crippen LogP contribution in [0.5, 0.6) is 5.75 Å². The second-order valence-corrected chi connectivity index (χ2v) is 5.32. The number of nitrogens with two attached hydrogens (primary N) is 1. The highest BCUT2D eigenvalue weighted by atomic mass is 79.9. The average molecular weight is 324 g/mol. The van der Waals surface area contributed by atoms with Gasteiger partial charge in [-0.15, -0.1) is 0 Å². The Bertz CT molecular complexity index is 580. The first-order valence-corrected chi connectivity index (χ1v) is 6.66. The number of hydrogen-bond donors (Lipinski definition) is 1. The third kappa shape index (κ3) is 3.14. The SMILES string of the molecule is COc1ccc(C(N)c2cc(F)cc(Br)c2)c(C)c1. The van der Waals surface area contributed by atoms with Gasteiger partial charge in [-0.3, -0.25) is 0 Å². The predicted octanol–water partition coefficient (Wildman–Crippen LogP) is 3.95. The van der Waals surface area contributed by atoms with Crippen LogP contribution in [0.1, 0.15) is 22.7 Å². The van der Waals surface area contributed by atoms with Gasteiger partial charge >= 0.3 is 0 Å². The molecule has 0 saturated heterocycles. The Kier molecular flexibility index (Phi) is 4.22. The maximum Gasteiger partial charge on any atom is 0.124 e.